The van der Waals surface area contributed by atoms with Crippen molar-refractivity contribution in [2.24, 2.45) is 0 Å². The van der Waals surface area contributed by atoms with Crippen LogP contribution in [0.15, 0.2) is 54.6 Å². The Hall–Kier alpha value is -2.62. The van der Waals surface area contributed by atoms with E-state index in [2.05, 4.69) is 0 Å². The number of carbonyl (C=O) groups excluding carboxylic acids is 2. The van der Waals surface area contributed by atoms with Crippen LogP contribution in [0, 0.1) is 0 Å². The van der Waals surface area contributed by atoms with Crippen LogP contribution < -0.4 is 4.90 Å². The van der Waals surface area contributed by atoms with E-state index in [1.54, 1.807) is 29.2 Å². The number of anilines is 1. The number of ether oxygens (including phenoxy) is 1. The van der Waals surface area contributed by atoms with Gasteiger partial charge in [-0.1, -0.05) is 30.3 Å². The van der Waals surface area contributed by atoms with Crippen molar-refractivity contribution in [3.05, 3.63) is 65.7 Å². The molecule has 3 rings (SSSR count). The molecule has 0 aliphatic carbocycles. The highest BCUT2D eigenvalue weighted by Gasteiger charge is 2.34. The van der Waals surface area contributed by atoms with Gasteiger partial charge in [0, 0.05) is 11.3 Å². The largest absolute Gasteiger partial charge is 0.447 e. The number of nitrogens with zero attached hydrogens (tertiary/aromatic N) is 1. The molecule has 21 heavy (non-hydrogen) atoms. The zero-order valence-corrected chi connectivity index (χ0v) is 11.4. The van der Waals surface area contributed by atoms with Crippen LogP contribution >= 0.6 is 0 Å². The molecule has 4 heteroatoms. The average Bonchev–Trinajstić information content (AvgIpc) is 2.89. The molecule has 4 nitrogen and oxygen atoms in total. The van der Waals surface area contributed by atoms with E-state index in [9.17, 15) is 9.59 Å². The maximum Gasteiger partial charge on any atom is 0.414 e. The van der Waals surface area contributed by atoms with E-state index in [1.807, 2.05) is 30.3 Å². The molecule has 0 bridgehead atoms. The molecular formula is C17H15NO3. The number of rotatable bonds is 4. The fourth-order valence-corrected chi connectivity index (χ4v) is 2.53. The van der Waals surface area contributed by atoms with Crippen molar-refractivity contribution >= 4 is 18.1 Å². The Bertz CT molecular complexity index is 637. The topological polar surface area (TPSA) is 46.6 Å². The van der Waals surface area contributed by atoms with Gasteiger partial charge in [-0.05, 0) is 36.2 Å². The maximum absolute atomic E-state index is 12.0. The van der Waals surface area contributed by atoms with Crippen LogP contribution in [0.3, 0.4) is 0 Å². The number of benzene rings is 2. The summed E-state index contributed by atoms with van der Waals surface area (Å²) in [6, 6.07) is 16.9. The lowest BCUT2D eigenvalue weighted by Crippen LogP contribution is -2.35. The van der Waals surface area contributed by atoms with E-state index in [1.165, 1.54) is 0 Å². The molecule has 0 spiro atoms. The van der Waals surface area contributed by atoms with Crippen LogP contribution in [0.2, 0.25) is 0 Å². The highest BCUT2D eigenvalue weighted by Crippen LogP contribution is 2.25. The molecule has 1 aliphatic heterocycles. The third-order valence-electron chi connectivity index (χ3n) is 3.58. The van der Waals surface area contributed by atoms with Gasteiger partial charge in [-0.15, -0.1) is 0 Å². The van der Waals surface area contributed by atoms with Gasteiger partial charge in [-0.2, -0.15) is 0 Å². The molecule has 1 aliphatic rings. The van der Waals surface area contributed by atoms with Crippen molar-refractivity contribution in [1.29, 1.82) is 0 Å². The van der Waals surface area contributed by atoms with Gasteiger partial charge in [0.25, 0.3) is 0 Å². The Morgan fingerprint density at radius 2 is 1.81 bits per heavy atom. The third-order valence-corrected chi connectivity index (χ3v) is 3.58. The highest BCUT2D eigenvalue weighted by atomic mass is 16.6. The molecule has 1 fully saturated rings. The standard InChI is InChI=1S/C17H15NO3/c19-11-14-6-8-15(9-7-14)18-16(12-21-17(18)20)10-13-4-2-1-3-5-13/h1-9,11,16H,10,12H2. The van der Waals surface area contributed by atoms with Crippen molar-refractivity contribution in [3.63, 3.8) is 0 Å². The molecule has 0 aromatic heterocycles. The molecule has 0 N–H and O–H groups in total. The summed E-state index contributed by atoms with van der Waals surface area (Å²) in [5.41, 5.74) is 2.50. The predicted octanol–water partition coefficient (Wildman–Crippen LogP) is 3.07. The SMILES string of the molecule is O=Cc1ccc(N2C(=O)OCC2Cc2ccccc2)cc1. The molecule has 1 heterocycles. The van der Waals surface area contributed by atoms with E-state index < -0.39 is 0 Å². The van der Waals surface area contributed by atoms with E-state index in [0.29, 0.717) is 12.2 Å². The monoisotopic (exact) mass is 281 g/mol. The molecule has 1 amide bonds. The number of hydrogen-bond donors (Lipinski definition) is 0. The molecular weight excluding hydrogens is 266 g/mol. The lowest BCUT2D eigenvalue weighted by Gasteiger charge is -2.21. The molecule has 0 saturated carbocycles. The lowest BCUT2D eigenvalue weighted by atomic mass is 10.1. The Kier molecular flexibility index (Phi) is 3.69. The Morgan fingerprint density at radius 3 is 2.48 bits per heavy atom. The Labute approximate surface area is 123 Å². The van der Waals surface area contributed by atoms with Crippen LogP contribution in [0.5, 0.6) is 0 Å². The molecule has 2 aromatic rings. The zero-order valence-electron chi connectivity index (χ0n) is 11.4. The van der Waals surface area contributed by atoms with Crippen LogP contribution in [-0.2, 0) is 11.2 Å². The first kappa shape index (κ1) is 13.4. The minimum atomic E-state index is -0.338. The molecule has 106 valence electrons. The van der Waals surface area contributed by atoms with Gasteiger partial charge < -0.3 is 4.74 Å². The van der Waals surface area contributed by atoms with Gasteiger partial charge in [0.15, 0.2) is 0 Å². The second-order valence-electron chi connectivity index (χ2n) is 5.00. The molecule has 0 radical (unpaired) electrons. The normalized spacial score (nSPS) is 17.6. The van der Waals surface area contributed by atoms with Gasteiger partial charge in [-0.3, -0.25) is 9.69 Å². The van der Waals surface area contributed by atoms with Gasteiger partial charge in [0.2, 0.25) is 0 Å². The fourth-order valence-electron chi connectivity index (χ4n) is 2.53. The summed E-state index contributed by atoms with van der Waals surface area (Å²) in [4.78, 5) is 24.3. The number of aldehydes is 1. The zero-order chi connectivity index (χ0) is 14.7. The summed E-state index contributed by atoms with van der Waals surface area (Å²) in [5.74, 6) is 0. The van der Waals surface area contributed by atoms with E-state index in [4.69, 9.17) is 4.74 Å². The van der Waals surface area contributed by atoms with E-state index in [-0.39, 0.29) is 12.1 Å². The van der Waals surface area contributed by atoms with Gasteiger partial charge in [0.1, 0.15) is 12.9 Å². The van der Waals surface area contributed by atoms with Crippen LogP contribution in [0.25, 0.3) is 0 Å². The quantitative estimate of drug-likeness (QED) is 0.809. The summed E-state index contributed by atoms with van der Waals surface area (Å²) in [7, 11) is 0. The van der Waals surface area contributed by atoms with Crippen LogP contribution in [0.4, 0.5) is 10.5 Å². The summed E-state index contributed by atoms with van der Waals surface area (Å²) in [5, 5.41) is 0. The number of hydrogen-bond acceptors (Lipinski definition) is 3. The predicted molar refractivity (Wildman–Crippen MR) is 79.6 cm³/mol. The summed E-state index contributed by atoms with van der Waals surface area (Å²) in [6.07, 6.45) is 1.19. The summed E-state index contributed by atoms with van der Waals surface area (Å²) >= 11 is 0. The van der Waals surface area contributed by atoms with E-state index in [0.717, 1.165) is 24.0 Å². The molecule has 2 aromatic carbocycles. The average molecular weight is 281 g/mol. The molecule has 1 unspecified atom stereocenters. The lowest BCUT2D eigenvalue weighted by molar-refractivity contribution is 0.112. The fraction of sp³-hybridized carbons (Fsp3) is 0.176. The van der Waals surface area contributed by atoms with Crippen LogP contribution in [-0.4, -0.2) is 25.0 Å². The highest BCUT2D eigenvalue weighted by molar-refractivity contribution is 5.90. The number of cyclic esters (lactones) is 1. The second-order valence-corrected chi connectivity index (χ2v) is 5.00. The summed E-state index contributed by atoms with van der Waals surface area (Å²) in [6.45, 7) is 0.378. The molecule has 1 saturated heterocycles. The Morgan fingerprint density at radius 1 is 1.10 bits per heavy atom. The van der Waals surface area contributed by atoms with Crippen molar-refractivity contribution in [2.75, 3.05) is 11.5 Å². The second kappa shape index (κ2) is 5.79. The minimum absolute atomic E-state index is 0.0259. The third kappa shape index (κ3) is 2.79. The van der Waals surface area contributed by atoms with Crippen LogP contribution in [0.1, 0.15) is 15.9 Å². The van der Waals surface area contributed by atoms with Gasteiger partial charge in [-0.25, -0.2) is 4.79 Å². The van der Waals surface area contributed by atoms with Crippen molar-refractivity contribution in [2.45, 2.75) is 12.5 Å². The van der Waals surface area contributed by atoms with Gasteiger partial charge >= 0.3 is 6.09 Å². The van der Waals surface area contributed by atoms with Crippen molar-refractivity contribution in [1.82, 2.24) is 0 Å². The molecule has 1 atom stereocenters. The van der Waals surface area contributed by atoms with Gasteiger partial charge in [0.05, 0.1) is 6.04 Å². The van der Waals surface area contributed by atoms with E-state index >= 15 is 0 Å². The smallest absolute Gasteiger partial charge is 0.414 e. The minimum Gasteiger partial charge on any atom is -0.447 e. The maximum atomic E-state index is 12.0. The Balaban J connectivity index is 1.83. The first-order valence-corrected chi connectivity index (χ1v) is 6.83. The van der Waals surface area contributed by atoms with Crippen molar-refractivity contribution in [3.8, 4) is 0 Å². The van der Waals surface area contributed by atoms with Crippen molar-refractivity contribution < 1.29 is 14.3 Å². The summed E-state index contributed by atoms with van der Waals surface area (Å²) < 4.78 is 5.18. The first-order chi connectivity index (χ1) is 10.3. The number of carbonyl (C=O) groups is 2. The first-order valence-electron chi connectivity index (χ1n) is 6.83. The number of amides is 1.